The molecule has 0 radical (unpaired) electrons. The van der Waals surface area contributed by atoms with Crippen LogP contribution in [-0.4, -0.2) is 4.57 Å². The molecule has 2 heterocycles. The van der Waals surface area contributed by atoms with E-state index in [4.69, 9.17) is 4.42 Å². The van der Waals surface area contributed by atoms with Crippen LogP contribution in [0.15, 0.2) is 223 Å². The van der Waals surface area contributed by atoms with Crippen LogP contribution >= 0.6 is 0 Å². The van der Waals surface area contributed by atoms with Gasteiger partial charge in [-0.15, -0.1) is 0 Å². The summed E-state index contributed by atoms with van der Waals surface area (Å²) in [6.07, 6.45) is 0. The Hall–Kier alpha value is -8.08. The van der Waals surface area contributed by atoms with Crippen LogP contribution in [0.3, 0.4) is 0 Å². The third-order valence-corrected chi connectivity index (χ3v) is 12.3. The second-order valence-corrected chi connectivity index (χ2v) is 15.9. The van der Waals surface area contributed by atoms with Gasteiger partial charge in [0, 0.05) is 73.8 Å². The number of benzene rings is 10. The van der Waals surface area contributed by atoms with Gasteiger partial charge in [0.15, 0.2) is 0 Å². The van der Waals surface area contributed by atoms with Crippen molar-refractivity contribution in [2.75, 3.05) is 9.80 Å². The Kier molecular flexibility index (Phi) is 8.04. The maximum Gasteiger partial charge on any atom is 0.135 e. The fourth-order valence-electron chi connectivity index (χ4n) is 9.30. The number of furan rings is 1. The molecule has 0 fully saturated rings. The van der Waals surface area contributed by atoms with Gasteiger partial charge < -0.3 is 18.8 Å². The lowest BCUT2D eigenvalue weighted by molar-refractivity contribution is 0.669. The van der Waals surface area contributed by atoms with Gasteiger partial charge in [0.1, 0.15) is 11.2 Å². The molecule has 2 aromatic heterocycles. The molecule has 12 aromatic rings. The number of rotatable bonds is 7. The number of anilines is 6. The molecule has 0 atom stereocenters. The van der Waals surface area contributed by atoms with E-state index < -0.39 is 0 Å². The predicted octanol–water partition coefficient (Wildman–Crippen LogP) is 16.1. The first kappa shape index (κ1) is 34.9. The molecule has 0 saturated carbocycles. The average molecular weight is 782 g/mol. The Labute approximate surface area is 353 Å². The predicted molar refractivity (Wildman–Crippen MR) is 258 cm³/mol. The Morgan fingerprint density at radius 2 is 0.754 bits per heavy atom. The highest BCUT2D eigenvalue weighted by Crippen LogP contribution is 2.42. The highest BCUT2D eigenvalue weighted by Gasteiger charge is 2.18. The van der Waals surface area contributed by atoms with Gasteiger partial charge in [-0.05, 0) is 142 Å². The molecule has 0 aliphatic rings. The molecule has 0 aliphatic heterocycles. The van der Waals surface area contributed by atoms with Gasteiger partial charge in [-0.2, -0.15) is 0 Å². The number of aryl methyl sites for hydroxylation is 1. The summed E-state index contributed by atoms with van der Waals surface area (Å²) >= 11 is 0. The molecule has 0 amide bonds. The number of hydrogen-bond donors (Lipinski definition) is 0. The Balaban J connectivity index is 0.890. The van der Waals surface area contributed by atoms with Gasteiger partial charge in [-0.25, -0.2) is 0 Å². The van der Waals surface area contributed by atoms with Crippen LogP contribution in [0.1, 0.15) is 0 Å². The largest absolute Gasteiger partial charge is 0.456 e. The first-order chi connectivity index (χ1) is 30.1. The zero-order valence-corrected chi connectivity index (χ0v) is 33.5. The molecule has 0 aliphatic carbocycles. The summed E-state index contributed by atoms with van der Waals surface area (Å²) in [4.78, 5) is 4.69. The maximum atomic E-state index is 6.18. The summed E-state index contributed by atoms with van der Waals surface area (Å²) in [6.45, 7) is 0. The lowest BCUT2D eigenvalue weighted by Gasteiger charge is -2.26. The molecular formula is C57H39N3O. The Morgan fingerprint density at radius 3 is 1.39 bits per heavy atom. The van der Waals surface area contributed by atoms with Crippen molar-refractivity contribution in [3.05, 3.63) is 218 Å². The number of hydrogen-bond acceptors (Lipinski definition) is 3. The van der Waals surface area contributed by atoms with Crippen LogP contribution in [-0.2, 0) is 7.05 Å². The molecule has 0 N–H and O–H groups in total. The van der Waals surface area contributed by atoms with E-state index >= 15 is 0 Å². The van der Waals surface area contributed by atoms with Crippen LogP contribution < -0.4 is 9.80 Å². The zero-order valence-electron chi connectivity index (χ0n) is 33.5. The van der Waals surface area contributed by atoms with Crippen molar-refractivity contribution in [3.63, 3.8) is 0 Å². The second-order valence-electron chi connectivity index (χ2n) is 15.9. The van der Waals surface area contributed by atoms with E-state index in [0.29, 0.717) is 0 Å². The summed E-state index contributed by atoms with van der Waals surface area (Å²) in [6, 6.07) is 78.7. The summed E-state index contributed by atoms with van der Waals surface area (Å²) < 4.78 is 8.46. The molecule has 0 bridgehead atoms. The van der Waals surface area contributed by atoms with Gasteiger partial charge in [-0.1, -0.05) is 109 Å². The van der Waals surface area contributed by atoms with Crippen LogP contribution in [0.5, 0.6) is 0 Å². The van der Waals surface area contributed by atoms with Crippen LogP contribution in [0.25, 0.3) is 76.4 Å². The highest BCUT2D eigenvalue weighted by atomic mass is 16.3. The fraction of sp³-hybridized carbons (Fsp3) is 0.0175. The van der Waals surface area contributed by atoms with Crippen molar-refractivity contribution in [3.8, 4) is 11.1 Å². The topological polar surface area (TPSA) is 24.6 Å². The monoisotopic (exact) mass is 781 g/mol. The summed E-state index contributed by atoms with van der Waals surface area (Å²) in [5.41, 5.74) is 13.3. The smallest absolute Gasteiger partial charge is 0.135 e. The first-order valence-corrected chi connectivity index (χ1v) is 20.8. The normalized spacial score (nSPS) is 11.7. The quantitative estimate of drug-likeness (QED) is 0.161. The minimum Gasteiger partial charge on any atom is -0.456 e. The Bertz CT molecular complexity index is 3620. The summed E-state index contributed by atoms with van der Waals surface area (Å²) in [5.74, 6) is 0. The molecule has 0 unspecified atom stereocenters. The molecule has 61 heavy (non-hydrogen) atoms. The maximum absolute atomic E-state index is 6.18. The minimum atomic E-state index is 0.891. The molecule has 12 rings (SSSR count). The van der Waals surface area contributed by atoms with Crippen LogP contribution in [0, 0.1) is 0 Å². The van der Waals surface area contributed by atoms with E-state index in [0.717, 1.165) is 56.1 Å². The zero-order chi connectivity index (χ0) is 40.4. The minimum absolute atomic E-state index is 0.891. The molecule has 0 saturated heterocycles. The molecule has 10 aromatic carbocycles. The number of nitrogens with zero attached hydrogens (tertiary/aromatic N) is 3. The van der Waals surface area contributed by atoms with Crippen molar-refractivity contribution in [2.24, 2.45) is 7.05 Å². The van der Waals surface area contributed by atoms with Crippen molar-refractivity contribution in [1.82, 2.24) is 4.57 Å². The van der Waals surface area contributed by atoms with Crippen molar-refractivity contribution in [2.45, 2.75) is 0 Å². The molecule has 4 heteroatoms. The molecule has 288 valence electrons. The molecular weight excluding hydrogens is 743 g/mol. The lowest BCUT2D eigenvalue weighted by Crippen LogP contribution is -2.09. The van der Waals surface area contributed by atoms with Gasteiger partial charge in [-0.3, -0.25) is 0 Å². The van der Waals surface area contributed by atoms with Crippen LogP contribution in [0.4, 0.5) is 34.1 Å². The Morgan fingerprint density at radius 1 is 0.311 bits per heavy atom. The van der Waals surface area contributed by atoms with Crippen molar-refractivity contribution < 1.29 is 4.42 Å². The van der Waals surface area contributed by atoms with Gasteiger partial charge in [0.25, 0.3) is 0 Å². The van der Waals surface area contributed by atoms with E-state index in [2.05, 4.69) is 228 Å². The van der Waals surface area contributed by atoms with E-state index in [1.807, 2.05) is 12.1 Å². The summed E-state index contributed by atoms with van der Waals surface area (Å²) in [7, 11) is 2.15. The third kappa shape index (κ3) is 5.91. The molecule has 4 nitrogen and oxygen atoms in total. The summed E-state index contributed by atoms with van der Waals surface area (Å²) in [5, 5.41) is 9.53. The number of fused-ring (bicyclic) bond motifs is 8. The molecule has 0 spiro atoms. The van der Waals surface area contributed by atoms with E-state index in [1.54, 1.807) is 0 Å². The van der Waals surface area contributed by atoms with Gasteiger partial charge >= 0.3 is 0 Å². The highest BCUT2D eigenvalue weighted by molar-refractivity contribution is 6.10. The van der Waals surface area contributed by atoms with Gasteiger partial charge in [0.05, 0.1) is 0 Å². The lowest BCUT2D eigenvalue weighted by atomic mass is 9.98. The fourth-order valence-corrected chi connectivity index (χ4v) is 9.30. The van der Waals surface area contributed by atoms with E-state index in [1.165, 1.54) is 54.5 Å². The second kappa shape index (κ2) is 14.0. The van der Waals surface area contributed by atoms with E-state index in [-0.39, 0.29) is 0 Å². The van der Waals surface area contributed by atoms with Crippen molar-refractivity contribution >= 4 is 99.4 Å². The number of para-hydroxylation sites is 4. The van der Waals surface area contributed by atoms with Gasteiger partial charge in [0.2, 0.25) is 0 Å². The standard InChI is InChI=1S/C57H39N3O/c1-58-54-18-10-8-16-50(54)52-36-48(28-30-55(52)58)59(44-12-4-2-5-13-44)46-26-24-40-32-38(20-22-42(40)34-46)39-21-23-43-35-47(27-25-41(43)33-39)60(45-14-6-3-7-15-45)49-29-31-57-53(37-49)51-17-9-11-19-56(51)61-57/h2-37H,1H3. The van der Waals surface area contributed by atoms with Crippen LogP contribution in [0.2, 0.25) is 0 Å². The van der Waals surface area contributed by atoms with Crippen molar-refractivity contribution in [1.29, 1.82) is 0 Å². The third-order valence-electron chi connectivity index (χ3n) is 12.3. The number of aromatic nitrogens is 1. The van der Waals surface area contributed by atoms with E-state index in [9.17, 15) is 0 Å². The SMILES string of the molecule is Cn1c2ccccc2c2cc(N(c3ccccc3)c3ccc4cc(-c5ccc6cc(N(c7ccccc7)c7ccc8oc9ccccc9c8c7)ccc6c5)ccc4c3)ccc21. The first-order valence-electron chi connectivity index (χ1n) is 20.8. The average Bonchev–Trinajstić information content (AvgIpc) is 3.83.